The van der Waals surface area contributed by atoms with Crippen molar-refractivity contribution in [1.82, 2.24) is 0 Å². The molecule has 0 aromatic carbocycles. The fraction of sp³-hybridized carbons (Fsp3) is 0.889. The molecule has 0 amide bonds. The van der Waals surface area contributed by atoms with Crippen LogP contribution in [0.4, 0.5) is 0 Å². The van der Waals surface area contributed by atoms with Gasteiger partial charge in [-0.1, -0.05) is 20.8 Å². The SMILES string of the molecule is C[C@H]([C@H](O)CCC(C)(O)CO)[C@H]1CC[C@@]2(O)C3=CC(=O)[C@@H]4C[C@@H](O)[C@@H](OP(=O)(O)O)C[C@]4(C)[C@H]3CC[C@]12C. The summed E-state index contributed by atoms with van der Waals surface area (Å²) in [6.45, 7) is 7.03. The highest BCUT2D eigenvalue weighted by Gasteiger charge is 2.67. The van der Waals surface area contributed by atoms with E-state index in [4.69, 9.17) is 4.52 Å². The van der Waals surface area contributed by atoms with Gasteiger partial charge in [0.25, 0.3) is 0 Å². The van der Waals surface area contributed by atoms with Crippen LogP contribution >= 0.6 is 7.82 Å². The van der Waals surface area contributed by atoms with Gasteiger partial charge in [-0.05, 0) is 93.1 Å². The monoisotopic (exact) mass is 560 g/mol. The molecule has 10 nitrogen and oxygen atoms in total. The molecule has 7 N–H and O–H groups in total. The van der Waals surface area contributed by atoms with Gasteiger partial charge in [-0.3, -0.25) is 9.32 Å². The number of ketones is 1. The maximum absolute atomic E-state index is 13.4. The molecule has 4 rings (SSSR count). The molecule has 218 valence electrons. The van der Waals surface area contributed by atoms with E-state index in [1.807, 2.05) is 20.8 Å². The standard InChI is InChI=1S/C27H45O10P/c1-15(20(29)7-8-24(2,32)14-28)16-6-10-27(33)18-11-21(30)19-12-22(31)23(37-38(34,35)36)13-25(19,3)17(18)5-9-26(16,27)4/h11,15-17,19-20,22-23,28-29,31-33H,5-10,12-14H2,1-4H3,(H2,34,35,36)/t15-,16+,17-,19-,20+,22+,23-,24?,25+,26+,27+/m0/s1. The number of allylic oxidation sites excluding steroid dienone is 1. The molecule has 0 heterocycles. The Balaban J connectivity index is 1.61. The summed E-state index contributed by atoms with van der Waals surface area (Å²) < 4.78 is 16.5. The normalized spacial score (nSPS) is 44.3. The predicted molar refractivity (Wildman–Crippen MR) is 137 cm³/mol. The van der Waals surface area contributed by atoms with Crippen molar-refractivity contribution >= 4 is 13.6 Å². The summed E-state index contributed by atoms with van der Waals surface area (Å²) in [5, 5.41) is 53.4. The van der Waals surface area contributed by atoms with Crippen LogP contribution in [0.3, 0.4) is 0 Å². The van der Waals surface area contributed by atoms with Crippen molar-refractivity contribution in [2.45, 2.75) is 109 Å². The Bertz CT molecular complexity index is 1010. The molecule has 11 heteroatoms. The van der Waals surface area contributed by atoms with Crippen molar-refractivity contribution in [3.63, 3.8) is 0 Å². The van der Waals surface area contributed by atoms with Gasteiger partial charge in [0, 0.05) is 11.3 Å². The van der Waals surface area contributed by atoms with Crippen LogP contribution in [0.15, 0.2) is 11.6 Å². The largest absolute Gasteiger partial charge is 0.469 e. The molecular weight excluding hydrogens is 515 g/mol. The Morgan fingerprint density at radius 3 is 2.47 bits per heavy atom. The lowest BCUT2D eigenvalue weighted by Crippen LogP contribution is -2.61. The van der Waals surface area contributed by atoms with E-state index in [0.29, 0.717) is 37.7 Å². The first kappa shape index (κ1) is 30.3. The Kier molecular flexibility index (Phi) is 7.97. The molecule has 11 atom stereocenters. The highest BCUT2D eigenvalue weighted by atomic mass is 31.2. The lowest BCUT2D eigenvalue weighted by molar-refractivity contribution is -0.153. The van der Waals surface area contributed by atoms with E-state index in [1.54, 1.807) is 6.08 Å². The average Bonchev–Trinajstić information content (AvgIpc) is 3.09. The van der Waals surface area contributed by atoms with E-state index < -0.39 is 60.7 Å². The zero-order valence-electron chi connectivity index (χ0n) is 22.8. The molecule has 38 heavy (non-hydrogen) atoms. The molecule has 0 bridgehead atoms. The number of hydrogen-bond donors (Lipinski definition) is 7. The molecule has 0 saturated heterocycles. The third-order valence-corrected chi connectivity index (χ3v) is 11.5. The van der Waals surface area contributed by atoms with E-state index >= 15 is 0 Å². The minimum atomic E-state index is -4.85. The molecule has 0 spiro atoms. The number of rotatable bonds is 8. The smallest absolute Gasteiger partial charge is 0.393 e. The Morgan fingerprint density at radius 1 is 1.21 bits per heavy atom. The van der Waals surface area contributed by atoms with Crippen LogP contribution in [0, 0.1) is 34.5 Å². The van der Waals surface area contributed by atoms with Crippen molar-refractivity contribution in [3.05, 3.63) is 11.6 Å². The molecule has 3 fully saturated rings. The van der Waals surface area contributed by atoms with Gasteiger partial charge in [0.15, 0.2) is 5.78 Å². The predicted octanol–water partition coefficient (Wildman–Crippen LogP) is 1.83. The van der Waals surface area contributed by atoms with Gasteiger partial charge in [0.2, 0.25) is 0 Å². The molecule has 0 radical (unpaired) electrons. The summed E-state index contributed by atoms with van der Waals surface area (Å²) in [4.78, 5) is 32.2. The molecule has 1 unspecified atom stereocenters. The Morgan fingerprint density at radius 2 is 1.87 bits per heavy atom. The van der Waals surface area contributed by atoms with Crippen LogP contribution in [-0.4, -0.2) is 77.2 Å². The lowest BCUT2D eigenvalue weighted by Gasteiger charge is -2.60. The van der Waals surface area contributed by atoms with Crippen molar-refractivity contribution in [2.75, 3.05) is 6.61 Å². The highest BCUT2D eigenvalue weighted by Crippen LogP contribution is 2.68. The van der Waals surface area contributed by atoms with Gasteiger partial charge in [0.05, 0.1) is 36.1 Å². The summed E-state index contributed by atoms with van der Waals surface area (Å²) in [6.07, 6.45) is 1.61. The molecule has 0 aliphatic heterocycles. The van der Waals surface area contributed by atoms with Crippen molar-refractivity contribution in [3.8, 4) is 0 Å². The van der Waals surface area contributed by atoms with Gasteiger partial charge >= 0.3 is 7.82 Å². The van der Waals surface area contributed by atoms with E-state index in [9.17, 15) is 44.7 Å². The maximum atomic E-state index is 13.4. The third-order valence-electron chi connectivity index (χ3n) is 11.0. The summed E-state index contributed by atoms with van der Waals surface area (Å²) in [7, 11) is -4.85. The molecular formula is C27H45O10P. The van der Waals surface area contributed by atoms with E-state index in [2.05, 4.69) is 0 Å². The minimum absolute atomic E-state index is 0.0389. The maximum Gasteiger partial charge on any atom is 0.469 e. The summed E-state index contributed by atoms with van der Waals surface area (Å²) >= 11 is 0. The second-order valence-electron chi connectivity index (χ2n) is 13.3. The summed E-state index contributed by atoms with van der Waals surface area (Å²) in [6, 6.07) is 0. The minimum Gasteiger partial charge on any atom is -0.393 e. The van der Waals surface area contributed by atoms with Crippen LogP contribution in [0.25, 0.3) is 0 Å². The van der Waals surface area contributed by atoms with Crippen LogP contribution < -0.4 is 0 Å². The lowest BCUT2D eigenvalue weighted by atomic mass is 9.46. The van der Waals surface area contributed by atoms with Crippen LogP contribution in [-0.2, 0) is 13.9 Å². The number of phosphoric ester groups is 1. The number of aliphatic hydroxyl groups is 5. The van der Waals surface area contributed by atoms with Gasteiger partial charge in [-0.25, -0.2) is 4.57 Å². The zero-order chi connectivity index (χ0) is 28.5. The van der Waals surface area contributed by atoms with E-state index in [0.717, 1.165) is 0 Å². The van der Waals surface area contributed by atoms with Gasteiger partial charge in [-0.15, -0.1) is 0 Å². The number of hydrogen-bond acceptors (Lipinski definition) is 8. The first-order valence-electron chi connectivity index (χ1n) is 13.8. The Labute approximate surface area is 224 Å². The van der Waals surface area contributed by atoms with Crippen LogP contribution in [0.5, 0.6) is 0 Å². The van der Waals surface area contributed by atoms with Crippen molar-refractivity contribution < 1.29 is 49.2 Å². The van der Waals surface area contributed by atoms with E-state index in [-0.39, 0.29) is 42.8 Å². The van der Waals surface area contributed by atoms with E-state index in [1.165, 1.54) is 6.92 Å². The second kappa shape index (κ2) is 10.00. The van der Waals surface area contributed by atoms with Crippen molar-refractivity contribution in [2.24, 2.45) is 34.5 Å². The van der Waals surface area contributed by atoms with Crippen LogP contribution in [0.2, 0.25) is 0 Å². The average molecular weight is 561 g/mol. The molecule has 4 aliphatic rings. The fourth-order valence-corrected chi connectivity index (χ4v) is 9.15. The number of aliphatic hydroxyl groups excluding tert-OH is 3. The van der Waals surface area contributed by atoms with Gasteiger partial charge in [-0.2, -0.15) is 0 Å². The summed E-state index contributed by atoms with van der Waals surface area (Å²) in [5.41, 5.74) is -3.23. The number of phosphoric acid groups is 1. The number of carbonyl (C=O) groups excluding carboxylic acids is 1. The van der Waals surface area contributed by atoms with Gasteiger partial charge in [0.1, 0.15) is 0 Å². The third kappa shape index (κ3) is 4.99. The number of fused-ring (bicyclic) bond motifs is 5. The summed E-state index contributed by atoms with van der Waals surface area (Å²) in [5.74, 6) is -1.16. The highest BCUT2D eigenvalue weighted by molar-refractivity contribution is 7.46. The molecule has 4 aliphatic carbocycles. The zero-order valence-corrected chi connectivity index (χ0v) is 23.7. The van der Waals surface area contributed by atoms with Crippen LogP contribution in [0.1, 0.15) is 79.1 Å². The van der Waals surface area contributed by atoms with Gasteiger partial charge < -0.3 is 35.3 Å². The topological polar surface area (TPSA) is 185 Å². The molecule has 0 aromatic heterocycles. The quantitative estimate of drug-likeness (QED) is 0.216. The fourth-order valence-electron chi connectivity index (χ4n) is 8.58. The molecule has 3 saturated carbocycles. The Hall–Kier alpha value is -0.680. The second-order valence-corrected chi connectivity index (χ2v) is 14.5. The number of carbonyl (C=O) groups is 1. The first-order chi connectivity index (χ1) is 17.4. The van der Waals surface area contributed by atoms with Crippen molar-refractivity contribution in [1.29, 1.82) is 0 Å². The molecule has 0 aromatic rings. The first-order valence-corrected chi connectivity index (χ1v) is 15.3.